The predicted octanol–water partition coefficient (Wildman–Crippen LogP) is 2.76. The van der Waals surface area contributed by atoms with Crippen molar-refractivity contribution in [2.45, 2.75) is 32.1 Å². The third-order valence-electron chi connectivity index (χ3n) is 4.05. The molecule has 1 aromatic rings. The van der Waals surface area contributed by atoms with E-state index >= 15 is 0 Å². The minimum absolute atomic E-state index is 0.0964. The molecule has 0 saturated heterocycles. The SMILES string of the molecule is O=C(NCC1(C(=O)O)CCCCC1)c1cc(I)ccc1O. The van der Waals surface area contributed by atoms with Crippen molar-refractivity contribution in [3.05, 3.63) is 27.3 Å². The van der Waals surface area contributed by atoms with Crippen molar-refractivity contribution in [3.8, 4) is 5.75 Å². The number of benzene rings is 1. The summed E-state index contributed by atoms with van der Waals surface area (Å²) in [4.78, 5) is 23.7. The molecular weight excluding hydrogens is 385 g/mol. The Bertz CT molecular complexity index is 553. The number of carboxylic acids is 1. The summed E-state index contributed by atoms with van der Waals surface area (Å²) >= 11 is 2.06. The molecule has 0 heterocycles. The average Bonchev–Trinajstić information content (AvgIpc) is 2.48. The topological polar surface area (TPSA) is 86.6 Å². The number of phenols is 1. The maximum atomic E-state index is 12.2. The molecule has 2 rings (SSSR count). The van der Waals surface area contributed by atoms with E-state index in [0.29, 0.717) is 12.8 Å². The van der Waals surface area contributed by atoms with Gasteiger partial charge in [-0.15, -0.1) is 0 Å². The summed E-state index contributed by atoms with van der Waals surface area (Å²) in [6.45, 7) is 0.103. The van der Waals surface area contributed by atoms with Crippen LogP contribution in [0.2, 0.25) is 0 Å². The second-order valence-electron chi connectivity index (χ2n) is 5.49. The number of carbonyl (C=O) groups excluding carboxylic acids is 1. The fraction of sp³-hybridized carbons (Fsp3) is 0.467. The first-order valence-electron chi connectivity index (χ1n) is 6.95. The van der Waals surface area contributed by atoms with Crippen molar-refractivity contribution in [1.29, 1.82) is 0 Å². The number of hydrogen-bond donors (Lipinski definition) is 3. The van der Waals surface area contributed by atoms with Gasteiger partial charge in [0.05, 0.1) is 11.0 Å². The van der Waals surface area contributed by atoms with Crippen LogP contribution in [0.25, 0.3) is 0 Å². The number of amides is 1. The third kappa shape index (κ3) is 3.66. The number of carbonyl (C=O) groups is 2. The molecule has 0 unspecified atom stereocenters. The van der Waals surface area contributed by atoms with Crippen molar-refractivity contribution in [3.63, 3.8) is 0 Å². The van der Waals surface area contributed by atoms with Gasteiger partial charge in [0.2, 0.25) is 0 Å². The number of carboxylic acid groups (broad SMARTS) is 1. The van der Waals surface area contributed by atoms with E-state index < -0.39 is 17.3 Å². The lowest BCUT2D eigenvalue weighted by Crippen LogP contribution is -2.44. The van der Waals surface area contributed by atoms with E-state index in [2.05, 4.69) is 27.9 Å². The van der Waals surface area contributed by atoms with Crippen LogP contribution in [0.4, 0.5) is 0 Å². The van der Waals surface area contributed by atoms with Gasteiger partial charge in [-0.1, -0.05) is 19.3 Å². The van der Waals surface area contributed by atoms with Crippen molar-refractivity contribution in [2.75, 3.05) is 6.54 Å². The summed E-state index contributed by atoms with van der Waals surface area (Å²) in [6, 6.07) is 4.75. The Kier molecular flexibility index (Phi) is 5.08. The monoisotopic (exact) mass is 403 g/mol. The van der Waals surface area contributed by atoms with Gasteiger partial charge in [-0.25, -0.2) is 0 Å². The molecule has 1 fully saturated rings. The first kappa shape index (κ1) is 16.1. The van der Waals surface area contributed by atoms with Crippen LogP contribution >= 0.6 is 22.6 Å². The van der Waals surface area contributed by atoms with Gasteiger partial charge in [0, 0.05) is 10.1 Å². The minimum atomic E-state index is -0.870. The normalized spacial score (nSPS) is 17.2. The number of rotatable bonds is 4. The van der Waals surface area contributed by atoms with Gasteiger partial charge < -0.3 is 15.5 Å². The maximum absolute atomic E-state index is 12.2. The van der Waals surface area contributed by atoms with Crippen molar-refractivity contribution in [1.82, 2.24) is 5.32 Å². The summed E-state index contributed by atoms with van der Waals surface area (Å²) in [5.41, 5.74) is -0.691. The highest BCUT2D eigenvalue weighted by atomic mass is 127. The average molecular weight is 403 g/mol. The van der Waals surface area contributed by atoms with Gasteiger partial charge >= 0.3 is 5.97 Å². The predicted molar refractivity (Wildman–Crippen MR) is 86.3 cm³/mol. The number of phenolic OH excluding ortho intramolecular Hbond substituents is 1. The third-order valence-corrected chi connectivity index (χ3v) is 4.73. The molecule has 0 bridgehead atoms. The van der Waals surface area contributed by atoms with Gasteiger partial charge in [-0.2, -0.15) is 0 Å². The van der Waals surface area contributed by atoms with Crippen LogP contribution in [0.1, 0.15) is 42.5 Å². The molecule has 21 heavy (non-hydrogen) atoms. The summed E-state index contributed by atoms with van der Waals surface area (Å²) in [5.74, 6) is -1.38. The van der Waals surface area contributed by atoms with Crippen LogP contribution in [0.3, 0.4) is 0 Å². The second-order valence-corrected chi connectivity index (χ2v) is 6.74. The molecule has 6 heteroatoms. The van der Waals surface area contributed by atoms with Gasteiger partial charge in [-0.05, 0) is 53.6 Å². The zero-order valence-electron chi connectivity index (χ0n) is 11.6. The van der Waals surface area contributed by atoms with Crippen LogP contribution in [0.15, 0.2) is 18.2 Å². The molecule has 1 saturated carbocycles. The Labute approximate surface area is 136 Å². The van der Waals surface area contributed by atoms with Crippen LogP contribution in [0, 0.1) is 8.99 Å². The van der Waals surface area contributed by atoms with Gasteiger partial charge in [0.15, 0.2) is 0 Å². The Morgan fingerprint density at radius 1 is 1.24 bits per heavy atom. The molecule has 1 aliphatic carbocycles. The largest absolute Gasteiger partial charge is 0.507 e. The lowest BCUT2D eigenvalue weighted by Gasteiger charge is -2.33. The van der Waals surface area contributed by atoms with E-state index in [0.717, 1.165) is 22.8 Å². The van der Waals surface area contributed by atoms with E-state index in [1.54, 1.807) is 12.1 Å². The first-order chi connectivity index (χ1) is 9.94. The van der Waals surface area contributed by atoms with Gasteiger partial charge in [-0.3, -0.25) is 9.59 Å². The highest BCUT2D eigenvalue weighted by Crippen LogP contribution is 2.36. The molecule has 0 spiro atoms. The highest BCUT2D eigenvalue weighted by molar-refractivity contribution is 14.1. The minimum Gasteiger partial charge on any atom is -0.507 e. The number of halogens is 1. The van der Waals surface area contributed by atoms with Crippen LogP contribution in [-0.2, 0) is 4.79 Å². The fourth-order valence-electron chi connectivity index (χ4n) is 2.73. The molecule has 5 nitrogen and oxygen atoms in total. The molecule has 0 radical (unpaired) electrons. The maximum Gasteiger partial charge on any atom is 0.311 e. The van der Waals surface area contributed by atoms with E-state index in [4.69, 9.17) is 0 Å². The van der Waals surface area contributed by atoms with Crippen LogP contribution in [0.5, 0.6) is 5.75 Å². The number of hydrogen-bond acceptors (Lipinski definition) is 3. The van der Waals surface area contributed by atoms with Gasteiger partial charge in [0.25, 0.3) is 5.91 Å². The molecule has 1 amide bonds. The summed E-state index contributed by atoms with van der Waals surface area (Å²) in [6.07, 6.45) is 3.95. The van der Waals surface area contributed by atoms with E-state index in [1.807, 2.05) is 0 Å². The lowest BCUT2D eigenvalue weighted by atomic mass is 9.74. The molecular formula is C15H18INO4. The standard InChI is InChI=1S/C15H18INO4/c16-10-4-5-12(18)11(8-10)13(19)17-9-15(14(20)21)6-2-1-3-7-15/h4-5,8,18H,1-3,6-7,9H2,(H,17,19)(H,20,21). The Morgan fingerprint density at radius 2 is 1.90 bits per heavy atom. The van der Waals surface area contributed by atoms with E-state index in [1.165, 1.54) is 6.07 Å². The van der Waals surface area contributed by atoms with E-state index in [9.17, 15) is 19.8 Å². The van der Waals surface area contributed by atoms with Crippen molar-refractivity contribution < 1.29 is 19.8 Å². The van der Waals surface area contributed by atoms with Gasteiger partial charge in [0.1, 0.15) is 5.75 Å². The molecule has 0 aliphatic heterocycles. The van der Waals surface area contributed by atoms with Crippen molar-refractivity contribution in [2.24, 2.45) is 5.41 Å². The Hall–Kier alpha value is -1.31. The van der Waals surface area contributed by atoms with Crippen molar-refractivity contribution >= 4 is 34.5 Å². The lowest BCUT2D eigenvalue weighted by molar-refractivity contribution is -0.150. The molecule has 3 N–H and O–H groups in total. The summed E-state index contributed by atoms with van der Waals surface area (Å²) < 4.78 is 0.834. The Balaban J connectivity index is 2.08. The quantitative estimate of drug-likeness (QED) is 0.675. The molecule has 0 aromatic heterocycles. The zero-order chi connectivity index (χ0) is 15.5. The smallest absolute Gasteiger partial charge is 0.311 e. The number of nitrogens with one attached hydrogen (secondary N) is 1. The highest BCUT2D eigenvalue weighted by Gasteiger charge is 2.39. The number of aromatic hydroxyl groups is 1. The summed E-state index contributed by atoms with van der Waals surface area (Å²) in [5, 5.41) is 21.9. The Morgan fingerprint density at radius 3 is 2.52 bits per heavy atom. The molecule has 1 aromatic carbocycles. The summed E-state index contributed by atoms with van der Waals surface area (Å²) in [7, 11) is 0. The van der Waals surface area contributed by atoms with Crippen LogP contribution in [-0.4, -0.2) is 28.6 Å². The zero-order valence-corrected chi connectivity index (χ0v) is 13.7. The van der Waals surface area contributed by atoms with E-state index in [-0.39, 0.29) is 17.9 Å². The number of aliphatic carboxylic acids is 1. The second kappa shape index (κ2) is 6.64. The molecule has 1 aliphatic rings. The molecule has 0 atom stereocenters. The van der Waals surface area contributed by atoms with Crippen LogP contribution < -0.4 is 5.32 Å². The molecule has 114 valence electrons. The fourth-order valence-corrected chi connectivity index (χ4v) is 3.22. The first-order valence-corrected chi connectivity index (χ1v) is 8.03.